The lowest BCUT2D eigenvalue weighted by Crippen LogP contribution is -2.75. The molecule has 2 aromatic heterocycles. The first-order valence-corrected chi connectivity index (χ1v) is 18.9. The van der Waals surface area contributed by atoms with Gasteiger partial charge in [-0.1, -0.05) is 72.8 Å². The predicted molar refractivity (Wildman–Crippen MR) is 213 cm³/mol. The van der Waals surface area contributed by atoms with Crippen molar-refractivity contribution < 1.29 is 24.3 Å². The van der Waals surface area contributed by atoms with Crippen LogP contribution in [0.4, 0.5) is 0 Å². The molecule has 0 unspecified atom stereocenters. The molecule has 0 spiro atoms. The number of pyridine rings is 1. The normalized spacial score (nSPS) is 17.3. The fraction of sp³-hybridized carbons (Fsp3) is 0.295. The third-order valence-corrected chi connectivity index (χ3v) is 10.6. The van der Waals surface area contributed by atoms with Crippen molar-refractivity contribution in [3.8, 4) is 5.75 Å². The van der Waals surface area contributed by atoms with E-state index in [4.69, 9.17) is 0 Å². The number of nitrogens with zero attached hydrogens (tertiary/aromatic N) is 7. The maximum absolute atomic E-state index is 14.7. The molecule has 12 nitrogen and oxygen atoms in total. The van der Waals surface area contributed by atoms with Gasteiger partial charge >= 0.3 is 0 Å². The molecular formula is C44H47N7O5. The van der Waals surface area contributed by atoms with Gasteiger partial charge in [0.1, 0.15) is 18.0 Å². The van der Waals surface area contributed by atoms with E-state index in [-0.39, 0.29) is 68.4 Å². The average Bonchev–Trinajstić information content (AvgIpc) is 3.53. The smallest absolute Gasteiger partial charge is 0.256 e. The van der Waals surface area contributed by atoms with E-state index in [1.807, 2.05) is 91.5 Å². The number of phenolic OH excluding ortho intramolecular Hbond substituents is 1. The number of piperazine rings is 1. The van der Waals surface area contributed by atoms with Gasteiger partial charge < -0.3 is 24.4 Å². The Morgan fingerprint density at radius 1 is 0.964 bits per heavy atom. The lowest BCUT2D eigenvalue weighted by Gasteiger charge is -2.55. The van der Waals surface area contributed by atoms with Crippen molar-refractivity contribution in [3.63, 3.8) is 0 Å². The van der Waals surface area contributed by atoms with Crippen molar-refractivity contribution in [1.82, 2.24) is 34.3 Å². The van der Waals surface area contributed by atoms with Crippen LogP contribution in [0.15, 0.2) is 110 Å². The monoisotopic (exact) mass is 753 g/mol. The number of fused-ring (bicyclic) bond motifs is 2. The molecular weight excluding hydrogens is 707 g/mol. The number of aryl methyl sites for hydroxylation is 3. The molecule has 1 N–H and O–H groups in total. The van der Waals surface area contributed by atoms with Crippen LogP contribution in [0.1, 0.15) is 44.9 Å². The molecule has 7 rings (SSSR count). The van der Waals surface area contributed by atoms with Gasteiger partial charge in [-0.25, -0.2) is 10.0 Å². The minimum atomic E-state index is -0.908. The van der Waals surface area contributed by atoms with E-state index in [0.29, 0.717) is 18.5 Å². The molecule has 0 aliphatic carbocycles. The van der Waals surface area contributed by atoms with Gasteiger partial charge in [-0.15, -0.1) is 6.58 Å². The summed E-state index contributed by atoms with van der Waals surface area (Å²) in [6, 6.07) is 27.0. The minimum absolute atomic E-state index is 0.0766. The predicted octanol–water partition coefficient (Wildman–Crippen LogP) is 4.85. The summed E-state index contributed by atoms with van der Waals surface area (Å²) < 4.78 is 1.92. The van der Waals surface area contributed by atoms with Crippen molar-refractivity contribution in [2.24, 2.45) is 7.05 Å². The molecule has 4 amide bonds. The van der Waals surface area contributed by atoms with Crippen LogP contribution in [-0.4, -0.2) is 102 Å². The lowest BCUT2D eigenvalue weighted by atomic mass is 9.97. The van der Waals surface area contributed by atoms with Crippen LogP contribution in [0.2, 0.25) is 0 Å². The van der Waals surface area contributed by atoms with Gasteiger partial charge in [0.25, 0.3) is 5.91 Å². The molecule has 288 valence electrons. The Hall–Kier alpha value is -6.27. The van der Waals surface area contributed by atoms with Crippen LogP contribution in [0.5, 0.6) is 5.75 Å². The summed E-state index contributed by atoms with van der Waals surface area (Å²) in [5, 5.41) is 14.1. The Balaban J connectivity index is 1.23. The summed E-state index contributed by atoms with van der Waals surface area (Å²) >= 11 is 0. The lowest BCUT2D eigenvalue weighted by molar-refractivity contribution is -0.205. The van der Waals surface area contributed by atoms with Gasteiger partial charge in [-0.2, -0.15) is 0 Å². The van der Waals surface area contributed by atoms with Gasteiger partial charge in [0.2, 0.25) is 17.7 Å². The molecule has 12 heteroatoms. The fourth-order valence-electron chi connectivity index (χ4n) is 8.03. The first-order chi connectivity index (χ1) is 27.0. The van der Waals surface area contributed by atoms with Crippen molar-refractivity contribution >= 4 is 34.5 Å². The number of para-hydroxylation sites is 1. The first kappa shape index (κ1) is 38.0. The van der Waals surface area contributed by atoms with Gasteiger partial charge in [0.05, 0.1) is 36.4 Å². The quantitative estimate of drug-likeness (QED) is 0.181. The molecule has 0 radical (unpaired) electrons. The van der Waals surface area contributed by atoms with E-state index in [2.05, 4.69) is 11.6 Å². The number of benzene rings is 3. The van der Waals surface area contributed by atoms with E-state index in [0.717, 1.165) is 39.0 Å². The Morgan fingerprint density at radius 2 is 1.71 bits per heavy atom. The number of hydrogen-bond acceptors (Lipinski definition) is 7. The van der Waals surface area contributed by atoms with Gasteiger partial charge in [-0.05, 0) is 54.3 Å². The van der Waals surface area contributed by atoms with E-state index >= 15 is 0 Å². The zero-order valence-corrected chi connectivity index (χ0v) is 32.0. The average molecular weight is 754 g/mol. The molecule has 5 aromatic rings. The van der Waals surface area contributed by atoms with Crippen LogP contribution in [-0.2, 0) is 47.4 Å². The number of aromatic hydroxyl groups is 1. The second-order valence-corrected chi connectivity index (χ2v) is 14.6. The van der Waals surface area contributed by atoms with Gasteiger partial charge in [-0.3, -0.25) is 24.2 Å². The fourth-order valence-corrected chi connectivity index (χ4v) is 8.03. The molecule has 3 aromatic carbocycles. The van der Waals surface area contributed by atoms with Crippen LogP contribution < -0.4 is 0 Å². The molecule has 4 heterocycles. The highest BCUT2D eigenvalue weighted by Gasteiger charge is 2.51. The molecule has 0 saturated carbocycles. The summed E-state index contributed by atoms with van der Waals surface area (Å²) in [7, 11) is 3.65. The number of rotatable bonds is 12. The number of phenols is 1. The molecule has 56 heavy (non-hydrogen) atoms. The summed E-state index contributed by atoms with van der Waals surface area (Å²) in [4.78, 5) is 66.4. The zero-order valence-electron chi connectivity index (χ0n) is 32.0. The summed E-state index contributed by atoms with van der Waals surface area (Å²) in [5.41, 5.74) is 5.64. The Kier molecular flexibility index (Phi) is 11.0. The second kappa shape index (κ2) is 16.2. The third-order valence-electron chi connectivity index (χ3n) is 10.6. The first-order valence-electron chi connectivity index (χ1n) is 18.9. The summed E-state index contributed by atoms with van der Waals surface area (Å²) in [5.74, 6) is -0.710. The summed E-state index contributed by atoms with van der Waals surface area (Å²) in [6.07, 6.45) is 3.65. The minimum Gasteiger partial charge on any atom is -0.508 e. The molecule has 2 aliphatic heterocycles. The number of hydrogen-bond donors (Lipinski definition) is 1. The Bertz CT molecular complexity index is 2270. The summed E-state index contributed by atoms with van der Waals surface area (Å²) in [6.45, 7) is 6.63. The molecule has 2 atom stereocenters. The molecule has 2 saturated heterocycles. The van der Waals surface area contributed by atoms with E-state index in [9.17, 15) is 24.3 Å². The number of aromatic nitrogens is 2. The SMILES string of the molecule is C=CCN1CC(=O)N2[C@@H](Cc3ccc(O)cc3)C(=O)N(Cc3cccc4c(C(=O)N(C)Cc5cccc(C)n5)cn(C)c34)C[C@@H]2N1C(=O)CCc1ccccc1. The van der Waals surface area contributed by atoms with Crippen LogP contribution >= 0.6 is 0 Å². The number of hydrazine groups is 1. The second-order valence-electron chi connectivity index (χ2n) is 14.6. The maximum Gasteiger partial charge on any atom is 0.256 e. The Morgan fingerprint density at radius 3 is 2.45 bits per heavy atom. The highest BCUT2D eigenvalue weighted by atomic mass is 16.3. The molecule has 2 fully saturated rings. The van der Waals surface area contributed by atoms with Gasteiger partial charge in [0, 0.05) is 57.3 Å². The third kappa shape index (κ3) is 7.78. The van der Waals surface area contributed by atoms with Gasteiger partial charge in [0.15, 0.2) is 0 Å². The van der Waals surface area contributed by atoms with Crippen molar-refractivity contribution in [2.75, 3.05) is 26.7 Å². The largest absolute Gasteiger partial charge is 0.508 e. The van der Waals surface area contributed by atoms with E-state index in [1.54, 1.807) is 62.1 Å². The van der Waals surface area contributed by atoms with Crippen molar-refractivity contribution in [3.05, 3.63) is 143 Å². The zero-order chi connectivity index (χ0) is 39.5. The highest BCUT2D eigenvalue weighted by molar-refractivity contribution is 6.07. The highest BCUT2D eigenvalue weighted by Crippen LogP contribution is 2.32. The maximum atomic E-state index is 14.7. The number of amides is 4. The molecule has 2 aliphatic rings. The van der Waals surface area contributed by atoms with E-state index in [1.165, 1.54) is 0 Å². The molecule has 0 bridgehead atoms. The van der Waals surface area contributed by atoms with Crippen molar-refractivity contribution in [2.45, 2.75) is 51.5 Å². The van der Waals surface area contributed by atoms with Crippen LogP contribution in [0.25, 0.3) is 10.9 Å². The number of carbonyl (C=O) groups is 4. The van der Waals surface area contributed by atoms with Crippen LogP contribution in [0, 0.1) is 6.92 Å². The standard InChI is InChI=1S/C44H47N7O5/c1-5-23-49-29-41(54)50-38(24-32-17-20-35(52)21-18-32)44(56)48(28-39(50)51(49)40(53)22-19-31-12-7-6-8-13-31)25-33-14-10-16-36-37(27-46(3)42(33)36)43(55)47(4)26-34-15-9-11-30(2)45-34/h5-18,20-21,27,38-39,52H,1,19,22-26,28-29H2,2-4H3/t38-,39-/m0/s1. The van der Waals surface area contributed by atoms with Crippen molar-refractivity contribution in [1.29, 1.82) is 0 Å². The van der Waals surface area contributed by atoms with Crippen LogP contribution in [0.3, 0.4) is 0 Å². The van der Waals surface area contributed by atoms with E-state index < -0.39 is 12.2 Å². The Labute approximate surface area is 326 Å². The number of carbonyl (C=O) groups excluding carboxylic acids is 4. The topological polar surface area (TPSA) is 123 Å².